The third kappa shape index (κ3) is 3.92. The maximum atomic E-state index is 13.0. The fourth-order valence-electron chi connectivity index (χ4n) is 2.56. The Kier molecular flexibility index (Phi) is 5.42. The van der Waals surface area contributed by atoms with Crippen molar-refractivity contribution in [1.29, 1.82) is 0 Å². The molecule has 0 unspecified atom stereocenters. The van der Waals surface area contributed by atoms with Crippen molar-refractivity contribution < 1.29 is 18.0 Å². The SMILES string of the molecule is Cc1nn(CCCNC(=O)c2cc3c(C(F)(F)F)nn(C)c3s2)c(Cl)c1Cl. The molecule has 0 saturated carbocycles. The van der Waals surface area contributed by atoms with Crippen LogP contribution in [0.25, 0.3) is 10.2 Å². The van der Waals surface area contributed by atoms with Gasteiger partial charge in [0, 0.05) is 25.5 Å². The number of carbonyl (C=O) groups excluding carboxylic acids is 1. The van der Waals surface area contributed by atoms with Gasteiger partial charge in [-0.1, -0.05) is 23.2 Å². The number of aromatic nitrogens is 4. The van der Waals surface area contributed by atoms with Gasteiger partial charge in [0.15, 0.2) is 5.69 Å². The summed E-state index contributed by atoms with van der Waals surface area (Å²) in [6, 6.07) is 1.22. The van der Waals surface area contributed by atoms with Crippen LogP contribution in [0.1, 0.15) is 27.5 Å². The summed E-state index contributed by atoms with van der Waals surface area (Å²) in [5, 5.41) is 11.0. The van der Waals surface area contributed by atoms with Gasteiger partial charge in [0.2, 0.25) is 0 Å². The Bertz CT molecular complexity index is 1010. The number of nitrogens with zero attached hydrogens (tertiary/aromatic N) is 4. The molecule has 3 aromatic rings. The van der Waals surface area contributed by atoms with Crippen molar-refractivity contribution in [3.63, 3.8) is 0 Å². The number of carbonyl (C=O) groups is 1. The summed E-state index contributed by atoms with van der Waals surface area (Å²) in [5.74, 6) is -0.440. The molecular formula is C15H14Cl2F3N5OS. The van der Waals surface area contributed by atoms with Crippen LogP contribution in [0, 0.1) is 6.92 Å². The number of halogens is 5. The van der Waals surface area contributed by atoms with E-state index in [1.807, 2.05) is 0 Å². The lowest BCUT2D eigenvalue weighted by molar-refractivity contribution is -0.140. The molecule has 1 N–H and O–H groups in total. The molecule has 0 atom stereocenters. The van der Waals surface area contributed by atoms with Crippen LogP contribution in [-0.4, -0.2) is 32.0 Å². The van der Waals surface area contributed by atoms with Crippen LogP contribution >= 0.6 is 34.5 Å². The maximum absolute atomic E-state index is 13.0. The normalized spacial score (nSPS) is 12.1. The minimum Gasteiger partial charge on any atom is -0.351 e. The molecule has 0 bridgehead atoms. The first-order valence-electron chi connectivity index (χ1n) is 7.80. The van der Waals surface area contributed by atoms with E-state index in [-0.39, 0.29) is 10.3 Å². The van der Waals surface area contributed by atoms with E-state index in [2.05, 4.69) is 15.5 Å². The highest BCUT2D eigenvalue weighted by Crippen LogP contribution is 2.37. The Labute approximate surface area is 165 Å². The molecule has 3 aromatic heterocycles. The van der Waals surface area contributed by atoms with Gasteiger partial charge in [0.25, 0.3) is 5.91 Å². The van der Waals surface area contributed by atoms with Crippen LogP contribution in [0.3, 0.4) is 0 Å². The van der Waals surface area contributed by atoms with Crippen LogP contribution in [-0.2, 0) is 19.8 Å². The van der Waals surface area contributed by atoms with E-state index >= 15 is 0 Å². The Morgan fingerprint density at radius 3 is 2.63 bits per heavy atom. The number of hydrogen-bond acceptors (Lipinski definition) is 4. The molecular weight excluding hydrogens is 426 g/mol. The molecule has 0 radical (unpaired) electrons. The van der Waals surface area contributed by atoms with Gasteiger partial charge in [0.1, 0.15) is 15.0 Å². The fourth-order valence-corrected chi connectivity index (χ4v) is 3.94. The molecule has 0 aliphatic carbocycles. The third-order valence-electron chi connectivity index (χ3n) is 3.83. The topological polar surface area (TPSA) is 64.7 Å². The van der Waals surface area contributed by atoms with E-state index in [1.165, 1.54) is 17.8 Å². The molecule has 146 valence electrons. The summed E-state index contributed by atoms with van der Waals surface area (Å²) in [7, 11) is 1.41. The molecule has 0 spiro atoms. The van der Waals surface area contributed by atoms with E-state index in [4.69, 9.17) is 23.2 Å². The summed E-state index contributed by atoms with van der Waals surface area (Å²) in [6.45, 7) is 2.49. The first-order chi connectivity index (χ1) is 12.6. The van der Waals surface area contributed by atoms with Gasteiger partial charge in [-0.05, 0) is 19.4 Å². The van der Waals surface area contributed by atoms with Gasteiger partial charge >= 0.3 is 6.18 Å². The number of thiophene rings is 1. The molecule has 0 aromatic carbocycles. The van der Waals surface area contributed by atoms with Crippen molar-refractivity contribution in [3.05, 3.63) is 32.5 Å². The zero-order valence-electron chi connectivity index (χ0n) is 14.2. The smallest absolute Gasteiger partial charge is 0.351 e. The van der Waals surface area contributed by atoms with E-state index in [0.29, 0.717) is 40.2 Å². The highest BCUT2D eigenvalue weighted by atomic mass is 35.5. The lowest BCUT2D eigenvalue weighted by atomic mass is 10.2. The second-order valence-corrected chi connectivity index (χ2v) is 7.59. The zero-order valence-corrected chi connectivity index (χ0v) is 16.5. The maximum Gasteiger partial charge on any atom is 0.435 e. The Hall–Kier alpha value is -1.78. The van der Waals surface area contributed by atoms with Crippen molar-refractivity contribution in [1.82, 2.24) is 24.9 Å². The lowest BCUT2D eigenvalue weighted by Gasteiger charge is -2.05. The van der Waals surface area contributed by atoms with Gasteiger partial charge in [-0.3, -0.25) is 14.2 Å². The minimum atomic E-state index is -4.57. The largest absolute Gasteiger partial charge is 0.435 e. The van der Waals surface area contributed by atoms with Gasteiger partial charge in [-0.25, -0.2) is 0 Å². The first kappa shape index (κ1) is 20.0. The third-order valence-corrected chi connectivity index (χ3v) is 5.97. The van der Waals surface area contributed by atoms with Crippen molar-refractivity contribution >= 4 is 50.7 Å². The Morgan fingerprint density at radius 1 is 1.33 bits per heavy atom. The van der Waals surface area contributed by atoms with Gasteiger partial charge < -0.3 is 5.32 Å². The standard InChI is InChI=1S/C15H14Cl2F3N5OS/c1-7-10(16)12(17)25(22-7)5-3-4-21-13(26)9-6-8-11(15(18,19)20)23-24(2)14(8)27-9/h6H,3-5H2,1-2H3,(H,21,26). The van der Waals surface area contributed by atoms with Crippen molar-refractivity contribution in [2.75, 3.05) is 6.54 Å². The second-order valence-electron chi connectivity index (χ2n) is 5.82. The van der Waals surface area contributed by atoms with E-state index in [9.17, 15) is 18.0 Å². The van der Waals surface area contributed by atoms with Gasteiger partial charge in [-0.15, -0.1) is 11.3 Å². The molecule has 0 saturated heterocycles. The summed E-state index contributed by atoms with van der Waals surface area (Å²) in [5.41, 5.74) is -0.374. The number of rotatable bonds is 5. The van der Waals surface area contributed by atoms with Crippen molar-refractivity contribution in [3.8, 4) is 0 Å². The number of nitrogens with one attached hydrogen (secondary N) is 1. The van der Waals surface area contributed by atoms with Gasteiger partial charge in [0.05, 0.1) is 10.6 Å². The predicted octanol–water partition coefficient (Wildman–Crippen LogP) is 4.29. The number of hydrogen-bond donors (Lipinski definition) is 1. The number of fused-ring (bicyclic) bond motifs is 1. The summed E-state index contributed by atoms with van der Waals surface area (Å²) >= 11 is 13.0. The molecule has 0 fully saturated rings. The minimum absolute atomic E-state index is 0.0754. The van der Waals surface area contributed by atoms with Crippen LogP contribution in [0.5, 0.6) is 0 Å². The van der Waals surface area contributed by atoms with E-state index < -0.39 is 17.8 Å². The monoisotopic (exact) mass is 439 g/mol. The highest BCUT2D eigenvalue weighted by Gasteiger charge is 2.37. The van der Waals surface area contributed by atoms with Gasteiger partial charge in [-0.2, -0.15) is 23.4 Å². The number of aryl methyl sites for hydroxylation is 3. The molecule has 0 aliphatic heterocycles. The van der Waals surface area contributed by atoms with Crippen molar-refractivity contribution in [2.45, 2.75) is 26.1 Å². The molecule has 0 aliphatic rings. The molecule has 27 heavy (non-hydrogen) atoms. The molecule has 1 amide bonds. The molecule has 3 rings (SSSR count). The first-order valence-corrected chi connectivity index (χ1v) is 9.37. The predicted molar refractivity (Wildman–Crippen MR) is 97.5 cm³/mol. The Morgan fingerprint density at radius 2 is 2.04 bits per heavy atom. The van der Waals surface area contributed by atoms with Crippen LogP contribution < -0.4 is 5.32 Å². The fraction of sp³-hybridized carbons (Fsp3) is 0.400. The van der Waals surface area contributed by atoms with Crippen LogP contribution in [0.15, 0.2) is 6.07 Å². The highest BCUT2D eigenvalue weighted by molar-refractivity contribution is 7.20. The average molecular weight is 440 g/mol. The second kappa shape index (κ2) is 7.33. The molecule has 6 nitrogen and oxygen atoms in total. The number of alkyl halides is 3. The van der Waals surface area contributed by atoms with E-state index in [0.717, 1.165) is 16.0 Å². The lowest BCUT2D eigenvalue weighted by Crippen LogP contribution is -2.24. The molecule has 3 heterocycles. The molecule has 12 heteroatoms. The summed E-state index contributed by atoms with van der Waals surface area (Å²) in [6.07, 6.45) is -4.04. The van der Waals surface area contributed by atoms with Crippen LogP contribution in [0.4, 0.5) is 13.2 Å². The number of amides is 1. The average Bonchev–Trinajstić information content (AvgIpc) is 3.22. The summed E-state index contributed by atoms with van der Waals surface area (Å²) in [4.78, 5) is 12.7. The quantitative estimate of drug-likeness (QED) is 0.603. The zero-order chi connectivity index (χ0) is 19.9. The van der Waals surface area contributed by atoms with Crippen LogP contribution in [0.2, 0.25) is 10.2 Å². The van der Waals surface area contributed by atoms with Crippen molar-refractivity contribution in [2.24, 2.45) is 7.05 Å². The summed E-state index contributed by atoms with van der Waals surface area (Å²) < 4.78 is 41.7. The Balaban J connectivity index is 1.64. The van der Waals surface area contributed by atoms with E-state index in [1.54, 1.807) is 6.92 Å².